The highest BCUT2D eigenvalue weighted by Gasteiger charge is 2.32. The van der Waals surface area contributed by atoms with Gasteiger partial charge in [0.1, 0.15) is 0 Å². The maximum Gasteiger partial charge on any atom is 0.416 e. The zero-order valence-electron chi connectivity index (χ0n) is 17.3. The molecule has 9 heteroatoms. The highest BCUT2D eigenvalue weighted by Crippen LogP contribution is 2.31. The summed E-state index contributed by atoms with van der Waals surface area (Å²) in [5.41, 5.74) is 2.33. The summed E-state index contributed by atoms with van der Waals surface area (Å²) in [5.74, 6) is -0.0476. The van der Waals surface area contributed by atoms with E-state index in [4.69, 9.17) is 0 Å². The van der Waals surface area contributed by atoms with E-state index in [0.29, 0.717) is 25.1 Å². The number of benzene rings is 1. The number of hydrogen-bond donors (Lipinski definition) is 0. The Labute approximate surface area is 175 Å². The van der Waals surface area contributed by atoms with Crippen molar-refractivity contribution in [3.05, 3.63) is 64.5 Å². The molecule has 1 aliphatic rings. The molecule has 5 nitrogen and oxygen atoms in total. The van der Waals surface area contributed by atoms with Gasteiger partial charge in [0.05, 0.1) is 5.56 Å². The third-order valence-corrected chi connectivity index (χ3v) is 7.19. The SMILES string of the molecule is Cc1cc(Cc2cccc(C(F)(F)F)c2)cc([C@H]2CCCN(S(=O)(=O)N(C)C)C2)n1. The van der Waals surface area contributed by atoms with Crippen LogP contribution in [0.3, 0.4) is 0 Å². The monoisotopic (exact) mass is 441 g/mol. The van der Waals surface area contributed by atoms with Crippen LogP contribution in [-0.2, 0) is 22.8 Å². The fourth-order valence-corrected chi connectivity index (χ4v) is 4.99. The molecule has 1 aromatic heterocycles. The first kappa shape index (κ1) is 22.7. The van der Waals surface area contributed by atoms with Gasteiger partial charge in [0.2, 0.25) is 0 Å². The van der Waals surface area contributed by atoms with Gasteiger partial charge in [-0.15, -0.1) is 0 Å². The molecule has 1 aromatic carbocycles. The summed E-state index contributed by atoms with van der Waals surface area (Å²) in [6, 6.07) is 9.08. The van der Waals surface area contributed by atoms with E-state index >= 15 is 0 Å². The van der Waals surface area contributed by atoms with Crippen LogP contribution in [0.4, 0.5) is 13.2 Å². The molecule has 3 rings (SSSR count). The van der Waals surface area contributed by atoms with E-state index in [1.54, 1.807) is 6.07 Å². The number of piperidine rings is 1. The summed E-state index contributed by atoms with van der Waals surface area (Å²) in [7, 11) is -0.474. The van der Waals surface area contributed by atoms with Crippen LogP contribution in [0.1, 0.15) is 46.8 Å². The first-order chi connectivity index (χ1) is 14.0. The fraction of sp³-hybridized carbons (Fsp3) is 0.476. The predicted molar refractivity (Wildman–Crippen MR) is 109 cm³/mol. The lowest BCUT2D eigenvalue weighted by Crippen LogP contribution is -2.45. The summed E-state index contributed by atoms with van der Waals surface area (Å²) in [6.07, 6.45) is -2.47. The van der Waals surface area contributed by atoms with Crippen molar-refractivity contribution in [2.75, 3.05) is 27.2 Å². The van der Waals surface area contributed by atoms with Gasteiger partial charge in [0.25, 0.3) is 10.2 Å². The molecule has 1 aliphatic heterocycles. The lowest BCUT2D eigenvalue weighted by molar-refractivity contribution is -0.137. The molecule has 0 amide bonds. The smallest absolute Gasteiger partial charge is 0.258 e. The topological polar surface area (TPSA) is 53.5 Å². The van der Waals surface area contributed by atoms with Crippen LogP contribution in [-0.4, -0.2) is 49.2 Å². The van der Waals surface area contributed by atoms with Crippen molar-refractivity contribution in [1.82, 2.24) is 13.6 Å². The standard InChI is InChI=1S/C21H26F3N3O2S/c1-15-10-17(11-16-6-4-8-19(12-16)21(22,23)24)13-20(25-15)18-7-5-9-27(14-18)30(28,29)26(2)3/h4,6,8,10,12-13,18H,5,7,9,11,14H2,1-3H3/t18-/m0/s1. The fourth-order valence-electron chi connectivity index (χ4n) is 3.80. The van der Waals surface area contributed by atoms with Crippen LogP contribution < -0.4 is 0 Å². The molecule has 0 unspecified atom stereocenters. The molecule has 2 aromatic rings. The number of alkyl halides is 3. The molecule has 0 bridgehead atoms. The number of halogens is 3. The first-order valence-electron chi connectivity index (χ1n) is 9.78. The Bertz CT molecular complexity index is 1010. The zero-order chi connectivity index (χ0) is 22.1. The molecule has 2 heterocycles. The second-order valence-electron chi connectivity index (χ2n) is 7.90. The van der Waals surface area contributed by atoms with Crippen molar-refractivity contribution in [2.24, 2.45) is 0 Å². The average Bonchev–Trinajstić information content (AvgIpc) is 2.67. The largest absolute Gasteiger partial charge is 0.416 e. The molecule has 1 fully saturated rings. The van der Waals surface area contributed by atoms with Crippen molar-refractivity contribution < 1.29 is 21.6 Å². The molecule has 0 N–H and O–H groups in total. The second kappa shape index (κ2) is 8.64. The molecule has 164 valence electrons. The predicted octanol–water partition coefficient (Wildman–Crippen LogP) is 3.99. The Hall–Kier alpha value is -1.97. The zero-order valence-corrected chi connectivity index (χ0v) is 18.1. The van der Waals surface area contributed by atoms with Gasteiger partial charge in [-0.3, -0.25) is 4.98 Å². The quantitative estimate of drug-likeness (QED) is 0.705. The normalized spacial score (nSPS) is 18.7. The molecule has 0 radical (unpaired) electrons. The van der Waals surface area contributed by atoms with E-state index in [2.05, 4.69) is 4.98 Å². The van der Waals surface area contributed by atoms with Gasteiger partial charge >= 0.3 is 6.18 Å². The Morgan fingerprint density at radius 1 is 1.17 bits per heavy atom. The molecule has 1 saturated heterocycles. The lowest BCUT2D eigenvalue weighted by atomic mass is 9.93. The number of hydrogen-bond acceptors (Lipinski definition) is 3. The summed E-state index contributed by atoms with van der Waals surface area (Å²) in [4.78, 5) is 4.60. The third-order valence-electron chi connectivity index (χ3n) is 5.29. The molecule has 0 spiro atoms. The number of pyridine rings is 1. The Kier molecular flexibility index (Phi) is 6.54. The van der Waals surface area contributed by atoms with Gasteiger partial charge < -0.3 is 0 Å². The minimum Gasteiger partial charge on any atom is -0.258 e. The molecule has 1 atom stereocenters. The average molecular weight is 442 g/mol. The van der Waals surface area contributed by atoms with Crippen molar-refractivity contribution in [3.63, 3.8) is 0 Å². The molecule has 0 aliphatic carbocycles. The van der Waals surface area contributed by atoms with Gasteiger partial charge in [-0.1, -0.05) is 18.2 Å². The van der Waals surface area contributed by atoms with E-state index in [0.717, 1.165) is 35.9 Å². The van der Waals surface area contributed by atoms with E-state index in [1.165, 1.54) is 34.8 Å². The maximum atomic E-state index is 13.0. The number of aromatic nitrogens is 1. The Morgan fingerprint density at radius 3 is 2.57 bits per heavy atom. The Balaban J connectivity index is 1.84. The van der Waals surface area contributed by atoms with Crippen LogP contribution in [0.25, 0.3) is 0 Å². The summed E-state index contributed by atoms with van der Waals surface area (Å²) < 4.78 is 66.7. The Morgan fingerprint density at radius 2 is 1.90 bits per heavy atom. The van der Waals surface area contributed by atoms with Crippen molar-refractivity contribution in [2.45, 2.75) is 38.3 Å². The number of nitrogens with zero attached hydrogens (tertiary/aromatic N) is 3. The van der Waals surface area contributed by atoms with Gasteiger partial charge in [-0.05, 0) is 55.5 Å². The van der Waals surface area contributed by atoms with Crippen LogP contribution in [0.2, 0.25) is 0 Å². The molecular formula is C21H26F3N3O2S. The molecule has 30 heavy (non-hydrogen) atoms. The van der Waals surface area contributed by atoms with Crippen LogP contribution in [0, 0.1) is 6.92 Å². The van der Waals surface area contributed by atoms with E-state index in [1.807, 2.05) is 19.1 Å². The summed E-state index contributed by atoms with van der Waals surface area (Å²) in [6.45, 7) is 2.66. The highest BCUT2D eigenvalue weighted by molar-refractivity contribution is 7.86. The molecule has 0 saturated carbocycles. The summed E-state index contributed by atoms with van der Waals surface area (Å²) >= 11 is 0. The minimum absolute atomic E-state index is 0.0476. The first-order valence-corrected chi connectivity index (χ1v) is 11.2. The van der Waals surface area contributed by atoms with Gasteiger partial charge in [0.15, 0.2) is 0 Å². The summed E-state index contributed by atoms with van der Waals surface area (Å²) in [5, 5.41) is 0. The number of rotatable bonds is 5. The van der Waals surface area contributed by atoms with Gasteiger partial charge in [-0.2, -0.15) is 30.2 Å². The maximum absolute atomic E-state index is 13.0. The van der Waals surface area contributed by atoms with E-state index in [9.17, 15) is 21.6 Å². The molecular weight excluding hydrogens is 415 g/mol. The van der Waals surface area contributed by atoms with Crippen molar-refractivity contribution in [1.29, 1.82) is 0 Å². The second-order valence-corrected chi connectivity index (χ2v) is 10.0. The van der Waals surface area contributed by atoms with E-state index in [-0.39, 0.29) is 5.92 Å². The van der Waals surface area contributed by atoms with E-state index < -0.39 is 21.9 Å². The van der Waals surface area contributed by atoms with Gasteiger partial charge in [-0.25, -0.2) is 0 Å². The van der Waals surface area contributed by atoms with Gasteiger partial charge in [0, 0.05) is 44.5 Å². The highest BCUT2D eigenvalue weighted by atomic mass is 32.2. The van der Waals surface area contributed by atoms with Crippen LogP contribution >= 0.6 is 0 Å². The third kappa shape index (κ3) is 5.19. The number of aryl methyl sites for hydroxylation is 1. The van der Waals surface area contributed by atoms with Crippen molar-refractivity contribution >= 4 is 10.2 Å². The lowest BCUT2D eigenvalue weighted by Gasteiger charge is -2.33. The van der Waals surface area contributed by atoms with Crippen molar-refractivity contribution in [3.8, 4) is 0 Å². The minimum atomic E-state index is -4.38. The van der Waals surface area contributed by atoms with Crippen LogP contribution in [0.15, 0.2) is 36.4 Å². The van der Waals surface area contributed by atoms with Crippen LogP contribution in [0.5, 0.6) is 0 Å².